The van der Waals surface area contributed by atoms with Crippen LogP contribution in [-0.4, -0.2) is 83.1 Å². The number of aromatic nitrogens is 4. The van der Waals surface area contributed by atoms with Gasteiger partial charge in [-0.05, 0) is 49.8 Å². The number of ether oxygens (including phenoxy) is 2. The predicted molar refractivity (Wildman–Crippen MR) is 157 cm³/mol. The Morgan fingerprint density at radius 2 is 1.72 bits per heavy atom. The molecule has 3 saturated heterocycles. The van der Waals surface area contributed by atoms with Gasteiger partial charge in [-0.3, -0.25) is 9.47 Å². The van der Waals surface area contributed by atoms with Gasteiger partial charge in [-0.15, -0.1) is 11.3 Å². The highest BCUT2D eigenvalue weighted by Gasteiger charge is 2.34. The minimum atomic E-state index is 0.250. The normalized spacial score (nSPS) is 19.9. The molecule has 0 spiro atoms. The Morgan fingerprint density at radius 1 is 0.974 bits per heavy atom. The first-order chi connectivity index (χ1) is 19.1. The van der Waals surface area contributed by atoms with Gasteiger partial charge in [-0.25, -0.2) is 9.97 Å². The Morgan fingerprint density at radius 3 is 2.49 bits per heavy atom. The lowest BCUT2D eigenvalue weighted by molar-refractivity contribution is -0.0147. The smallest absolute Gasteiger partial charge is 0.238 e. The van der Waals surface area contributed by atoms with Gasteiger partial charge in [0.05, 0.1) is 34.5 Å². The second-order valence-electron chi connectivity index (χ2n) is 11.6. The van der Waals surface area contributed by atoms with Gasteiger partial charge in [0, 0.05) is 56.2 Å². The lowest BCUT2D eigenvalue weighted by Crippen LogP contribution is -2.54. The molecule has 0 saturated carbocycles. The number of fused-ring (bicyclic) bond motifs is 2. The molecular formula is C30H38N6O2S. The molecule has 0 amide bonds. The van der Waals surface area contributed by atoms with Crippen LogP contribution in [0.15, 0.2) is 24.3 Å². The number of hydrogen-bond acceptors (Lipinski definition) is 8. The van der Waals surface area contributed by atoms with E-state index in [0.29, 0.717) is 12.0 Å². The molecular weight excluding hydrogens is 508 g/mol. The minimum Gasteiger partial charge on any atom is -0.381 e. The molecule has 0 aliphatic carbocycles. The molecule has 0 radical (unpaired) electrons. The van der Waals surface area contributed by atoms with Gasteiger partial charge < -0.3 is 14.4 Å². The van der Waals surface area contributed by atoms with Gasteiger partial charge in [0.2, 0.25) is 5.95 Å². The summed E-state index contributed by atoms with van der Waals surface area (Å²) in [6, 6.07) is 9.03. The van der Waals surface area contributed by atoms with E-state index in [9.17, 15) is 0 Å². The Labute approximate surface area is 234 Å². The van der Waals surface area contributed by atoms with E-state index in [0.717, 1.165) is 80.1 Å². The van der Waals surface area contributed by atoms with Crippen LogP contribution in [0.5, 0.6) is 0 Å². The highest BCUT2D eigenvalue weighted by Crippen LogP contribution is 2.39. The molecule has 6 heterocycles. The summed E-state index contributed by atoms with van der Waals surface area (Å²) in [4.78, 5) is 22.0. The topological polar surface area (TPSA) is 68.5 Å². The summed E-state index contributed by atoms with van der Waals surface area (Å²) >= 11 is 1.91. The van der Waals surface area contributed by atoms with E-state index in [1.807, 2.05) is 17.4 Å². The summed E-state index contributed by atoms with van der Waals surface area (Å²) in [6.45, 7) is 14.0. The second-order valence-corrected chi connectivity index (χ2v) is 12.7. The van der Waals surface area contributed by atoms with Gasteiger partial charge in [0.25, 0.3) is 0 Å². The van der Waals surface area contributed by atoms with Crippen LogP contribution >= 0.6 is 11.3 Å². The fourth-order valence-corrected chi connectivity index (χ4v) is 7.76. The van der Waals surface area contributed by atoms with E-state index >= 15 is 0 Å². The van der Waals surface area contributed by atoms with Gasteiger partial charge in [0.15, 0.2) is 5.82 Å². The molecule has 0 N–H and O–H groups in total. The second kappa shape index (κ2) is 10.4. The Kier molecular flexibility index (Phi) is 6.79. The Bertz CT molecular complexity index is 1480. The van der Waals surface area contributed by atoms with Crippen LogP contribution in [0, 0.1) is 12.8 Å². The third-order valence-corrected chi connectivity index (χ3v) is 9.91. The number of nitrogens with zero attached hydrogens (tertiary/aromatic N) is 6. The van der Waals surface area contributed by atoms with Gasteiger partial charge in [-0.2, -0.15) is 4.98 Å². The predicted octanol–water partition coefficient (Wildman–Crippen LogP) is 4.95. The van der Waals surface area contributed by atoms with Crippen LogP contribution in [0.3, 0.4) is 0 Å². The van der Waals surface area contributed by atoms with Gasteiger partial charge >= 0.3 is 0 Å². The van der Waals surface area contributed by atoms with Crippen molar-refractivity contribution in [1.82, 2.24) is 24.4 Å². The zero-order chi connectivity index (χ0) is 26.5. The van der Waals surface area contributed by atoms with E-state index in [1.54, 1.807) is 0 Å². The summed E-state index contributed by atoms with van der Waals surface area (Å²) in [5.74, 6) is 3.73. The molecule has 0 atom stereocenters. The first-order valence-corrected chi connectivity index (χ1v) is 15.3. The number of hydrogen-bond donors (Lipinski definition) is 0. The average Bonchev–Trinajstić information content (AvgIpc) is 3.49. The van der Waals surface area contributed by atoms with Crippen LogP contribution in [0.1, 0.15) is 48.9 Å². The maximum Gasteiger partial charge on any atom is 0.238 e. The summed E-state index contributed by atoms with van der Waals surface area (Å²) in [6.07, 6.45) is 3.48. The molecule has 3 aromatic heterocycles. The summed E-state index contributed by atoms with van der Waals surface area (Å²) < 4.78 is 14.7. The third kappa shape index (κ3) is 4.63. The largest absolute Gasteiger partial charge is 0.381 e. The molecule has 7 rings (SSSR count). The van der Waals surface area contributed by atoms with Gasteiger partial charge in [0.1, 0.15) is 5.82 Å². The van der Waals surface area contributed by atoms with Crippen LogP contribution in [0.4, 0.5) is 5.82 Å². The van der Waals surface area contributed by atoms with Crippen molar-refractivity contribution in [2.45, 2.75) is 52.0 Å². The summed E-state index contributed by atoms with van der Waals surface area (Å²) in [5, 5.41) is 0. The lowest BCUT2D eigenvalue weighted by atomic mass is 9.91. The Balaban J connectivity index is 1.28. The molecule has 3 aliphatic heterocycles. The number of para-hydroxylation sites is 2. The van der Waals surface area contributed by atoms with Crippen molar-refractivity contribution in [3.8, 4) is 5.95 Å². The first-order valence-electron chi connectivity index (χ1n) is 14.5. The molecule has 1 aromatic carbocycles. The van der Waals surface area contributed by atoms with Crippen LogP contribution in [0.25, 0.3) is 27.2 Å². The summed E-state index contributed by atoms with van der Waals surface area (Å²) in [5.41, 5.74) is 4.45. The standard InChI is InChI=1S/C30H38N6O2S/c1-19(2)28-31-23-6-4-5-7-24(23)36(28)30-32-26-20(3)25(16-21-17-35(18-21)22-8-12-37-13-9-22)39-27(26)29(33-30)34-10-14-38-15-11-34/h4-7,19,21-22H,8-18H2,1-3H3. The molecule has 8 nitrogen and oxygen atoms in total. The number of anilines is 1. The monoisotopic (exact) mass is 546 g/mol. The molecule has 0 bridgehead atoms. The zero-order valence-corrected chi connectivity index (χ0v) is 24.0. The van der Waals surface area contributed by atoms with E-state index in [-0.39, 0.29) is 5.92 Å². The molecule has 206 valence electrons. The van der Waals surface area contributed by atoms with Crippen molar-refractivity contribution < 1.29 is 9.47 Å². The molecule has 3 aliphatic rings. The highest BCUT2D eigenvalue weighted by molar-refractivity contribution is 7.19. The van der Waals surface area contributed by atoms with E-state index in [1.165, 1.54) is 41.1 Å². The molecule has 0 unspecified atom stereocenters. The number of thiophene rings is 1. The molecule has 9 heteroatoms. The van der Waals surface area contributed by atoms with Crippen molar-refractivity contribution in [2.24, 2.45) is 5.92 Å². The number of benzene rings is 1. The van der Waals surface area contributed by atoms with E-state index in [4.69, 9.17) is 24.4 Å². The minimum absolute atomic E-state index is 0.250. The van der Waals surface area contributed by atoms with Crippen molar-refractivity contribution in [2.75, 3.05) is 57.5 Å². The Hall–Kier alpha value is -2.59. The molecule has 4 aromatic rings. The van der Waals surface area contributed by atoms with Crippen LogP contribution in [-0.2, 0) is 15.9 Å². The van der Waals surface area contributed by atoms with E-state index < -0.39 is 0 Å². The van der Waals surface area contributed by atoms with Gasteiger partial charge in [-0.1, -0.05) is 26.0 Å². The number of likely N-dealkylation sites (tertiary alicyclic amines) is 1. The van der Waals surface area contributed by atoms with Crippen LogP contribution < -0.4 is 4.90 Å². The van der Waals surface area contributed by atoms with Crippen molar-refractivity contribution >= 4 is 38.4 Å². The molecule has 3 fully saturated rings. The molecule has 39 heavy (non-hydrogen) atoms. The number of aryl methyl sites for hydroxylation is 1. The van der Waals surface area contributed by atoms with Crippen LogP contribution in [0.2, 0.25) is 0 Å². The zero-order valence-electron chi connectivity index (χ0n) is 23.2. The maximum atomic E-state index is 5.70. The number of imidazole rings is 1. The maximum absolute atomic E-state index is 5.70. The fraction of sp³-hybridized carbons (Fsp3) is 0.567. The SMILES string of the molecule is Cc1c(CC2CN(C3CCOCC3)C2)sc2c(N3CCOCC3)nc(-n3c(C(C)C)nc4ccccc43)nc12. The first kappa shape index (κ1) is 25.4. The quantitative estimate of drug-likeness (QED) is 0.339. The van der Waals surface area contributed by atoms with E-state index in [2.05, 4.69) is 53.3 Å². The average molecular weight is 547 g/mol. The fourth-order valence-electron chi connectivity index (χ4n) is 6.38. The third-order valence-electron chi connectivity index (χ3n) is 8.62. The van der Waals surface area contributed by atoms with Crippen molar-refractivity contribution in [1.29, 1.82) is 0 Å². The number of rotatable bonds is 6. The van der Waals surface area contributed by atoms with Crippen molar-refractivity contribution in [3.05, 3.63) is 40.5 Å². The number of morpholine rings is 1. The lowest BCUT2D eigenvalue weighted by Gasteiger charge is -2.45. The van der Waals surface area contributed by atoms with Crippen molar-refractivity contribution in [3.63, 3.8) is 0 Å². The summed E-state index contributed by atoms with van der Waals surface area (Å²) in [7, 11) is 0. The highest BCUT2D eigenvalue weighted by atomic mass is 32.1.